The van der Waals surface area contributed by atoms with Gasteiger partial charge in [-0.3, -0.25) is 4.79 Å². The Kier molecular flexibility index (Phi) is 3.17. The molecule has 1 aliphatic carbocycles. The third-order valence-electron chi connectivity index (χ3n) is 3.59. The highest BCUT2D eigenvalue weighted by Gasteiger charge is 2.39. The van der Waals surface area contributed by atoms with Gasteiger partial charge < -0.3 is 5.73 Å². The van der Waals surface area contributed by atoms with Gasteiger partial charge >= 0.3 is 0 Å². The van der Waals surface area contributed by atoms with Crippen molar-refractivity contribution in [3.05, 3.63) is 34.3 Å². The smallest absolute Gasteiger partial charge is 0.149 e. The Morgan fingerprint density at radius 2 is 2.06 bits per heavy atom. The summed E-state index contributed by atoms with van der Waals surface area (Å²) in [5.41, 5.74) is 6.80. The molecule has 0 saturated heterocycles. The van der Waals surface area contributed by atoms with Crippen molar-refractivity contribution >= 4 is 21.7 Å². The van der Waals surface area contributed by atoms with Crippen molar-refractivity contribution in [3.63, 3.8) is 0 Å². The average molecular weight is 282 g/mol. The van der Waals surface area contributed by atoms with Gasteiger partial charge in [0.2, 0.25) is 0 Å². The molecule has 2 rings (SSSR count). The summed E-state index contributed by atoms with van der Waals surface area (Å²) in [4.78, 5) is 11.5. The van der Waals surface area contributed by atoms with Gasteiger partial charge in [-0.05, 0) is 49.8 Å². The number of hydrogen-bond acceptors (Lipinski definition) is 2. The maximum absolute atomic E-state index is 11.5. The van der Waals surface area contributed by atoms with Crippen LogP contribution in [0.15, 0.2) is 28.7 Å². The minimum absolute atomic E-state index is 0.118. The number of hydrogen-bond donors (Lipinski definition) is 1. The molecule has 1 saturated carbocycles. The molecule has 3 heteroatoms. The Morgan fingerprint density at radius 1 is 1.44 bits per heavy atom. The van der Waals surface area contributed by atoms with E-state index in [4.69, 9.17) is 5.73 Å². The van der Waals surface area contributed by atoms with Crippen molar-refractivity contribution in [2.24, 2.45) is 5.73 Å². The summed E-state index contributed by atoms with van der Waals surface area (Å²) in [6, 6.07) is 8.31. The highest BCUT2D eigenvalue weighted by molar-refractivity contribution is 9.10. The van der Waals surface area contributed by atoms with Crippen LogP contribution in [0.3, 0.4) is 0 Å². The molecular formula is C13H16BrNO. The molecule has 86 valence electrons. The maximum Gasteiger partial charge on any atom is 0.149 e. The lowest BCUT2D eigenvalue weighted by Crippen LogP contribution is -2.43. The molecule has 0 spiro atoms. The van der Waals surface area contributed by atoms with E-state index in [0.717, 1.165) is 23.7 Å². The van der Waals surface area contributed by atoms with Gasteiger partial charge in [0.15, 0.2) is 0 Å². The van der Waals surface area contributed by atoms with E-state index in [0.29, 0.717) is 5.92 Å². The molecule has 1 aliphatic rings. The first-order valence-electron chi connectivity index (χ1n) is 5.57. The monoisotopic (exact) mass is 281 g/mol. The summed E-state index contributed by atoms with van der Waals surface area (Å²) in [6.07, 6.45) is 2.60. The van der Waals surface area contributed by atoms with E-state index in [1.54, 1.807) is 6.92 Å². The largest absolute Gasteiger partial charge is 0.319 e. The number of rotatable bonds is 2. The third-order valence-corrected chi connectivity index (χ3v) is 4.12. The second-order valence-corrected chi connectivity index (χ2v) is 5.62. The number of ketones is 1. The van der Waals surface area contributed by atoms with Crippen molar-refractivity contribution < 1.29 is 4.79 Å². The maximum atomic E-state index is 11.5. The Morgan fingerprint density at radius 3 is 2.56 bits per heavy atom. The van der Waals surface area contributed by atoms with Crippen LogP contribution >= 0.6 is 15.9 Å². The molecular weight excluding hydrogens is 266 g/mol. The van der Waals surface area contributed by atoms with Crippen LogP contribution in [0.4, 0.5) is 0 Å². The quantitative estimate of drug-likeness (QED) is 0.906. The average Bonchev–Trinajstić information content (AvgIpc) is 2.63. The predicted molar refractivity (Wildman–Crippen MR) is 68.3 cm³/mol. The molecule has 0 unspecified atom stereocenters. The van der Waals surface area contributed by atoms with E-state index >= 15 is 0 Å². The molecule has 0 heterocycles. The van der Waals surface area contributed by atoms with E-state index in [1.165, 1.54) is 5.56 Å². The lowest BCUT2D eigenvalue weighted by molar-refractivity contribution is -0.121. The molecule has 2 atom stereocenters. The van der Waals surface area contributed by atoms with E-state index in [2.05, 4.69) is 28.1 Å². The topological polar surface area (TPSA) is 43.1 Å². The van der Waals surface area contributed by atoms with E-state index in [1.807, 2.05) is 12.1 Å². The van der Waals surface area contributed by atoms with Crippen LogP contribution < -0.4 is 5.73 Å². The van der Waals surface area contributed by atoms with E-state index in [-0.39, 0.29) is 5.78 Å². The molecule has 0 bridgehead atoms. The van der Waals surface area contributed by atoms with Gasteiger partial charge in [0.1, 0.15) is 5.78 Å². The molecule has 16 heavy (non-hydrogen) atoms. The van der Waals surface area contributed by atoms with Crippen molar-refractivity contribution in [1.29, 1.82) is 0 Å². The number of Topliss-reactive ketones (excluding diaryl/α,β-unsaturated/α-hetero) is 1. The third kappa shape index (κ3) is 2.20. The summed E-state index contributed by atoms with van der Waals surface area (Å²) in [6.45, 7) is 1.60. The van der Waals surface area contributed by atoms with Crippen molar-refractivity contribution in [1.82, 2.24) is 0 Å². The summed E-state index contributed by atoms with van der Waals surface area (Å²) >= 11 is 3.42. The molecule has 1 aromatic rings. The lowest BCUT2D eigenvalue weighted by Gasteiger charge is -2.20. The van der Waals surface area contributed by atoms with Crippen molar-refractivity contribution in [3.8, 4) is 0 Å². The first-order valence-corrected chi connectivity index (χ1v) is 6.36. The van der Waals surface area contributed by atoms with Gasteiger partial charge in [0.05, 0.1) is 5.54 Å². The summed E-state index contributed by atoms with van der Waals surface area (Å²) < 4.78 is 1.08. The summed E-state index contributed by atoms with van der Waals surface area (Å²) in [5.74, 6) is 0.550. The Hall–Kier alpha value is -0.670. The minimum atomic E-state index is -0.586. The number of nitrogens with two attached hydrogens (primary N) is 1. The van der Waals surface area contributed by atoms with Gasteiger partial charge in [-0.2, -0.15) is 0 Å². The molecule has 0 amide bonds. The standard InChI is InChI=1S/C13H16BrNO/c1-9(16)13(15)7-6-11(8-13)10-2-4-12(14)5-3-10/h2-5,11H,6-8,15H2,1H3/t11-,13-/m0/s1. The predicted octanol–water partition coefficient (Wildman–Crippen LogP) is 3.00. The number of halogens is 1. The molecule has 1 fully saturated rings. The highest BCUT2D eigenvalue weighted by atomic mass is 79.9. The first kappa shape index (κ1) is 11.8. The molecule has 0 aromatic heterocycles. The fraction of sp³-hybridized carbons (Fsp3) is 0.462. The Bertz CT molecular complexity index is 401. The zero-order valence-corrected chi connectivity index (χ0v) is 11.0. The minimum Gasteiger partial charge on any atom is -0.319 e. The van der Waals surface area contributed by atoms with Crippen LogP contribution in [-0.2, 0) is 4.79 Å². The van der Waals surface area contributed by atoms with Crippen LogP contribution in [0, 0.1) is 0 Å². The van der Waals surface area contributed by atoms with Gasteiger partial charge in [0.25, 0.3) is 0 Å². The van der Waals surface area contributed by atoms with E-state index < -0.39 is 5.54 Å². The van der Waals surface area contributed by atoms with Crippen LogP contribution in [0.1, 0.15) is 37.7 Å². The summed E-state index contributed by atoms with van der Waals surface area (Å²) in [5, 5.41) is 0. The Balaban J connectivity index is 2.15. The number of benzene rings is 1. The van der Waals surface area contributed by atoms with Crippen LogP contribution in [0.2, 0.25) is 0 Å². The first-order chi connectivity index (χ1) is 7.51. The van der Waals surface area contributed by atoms with Crippen LogP contribution in [-0.4, -0.2) is 11.3 Å². The Labute approximate surface area is 104 Å². The number of carbonyl (C=O) groups excluding carboxylic acids is 1. The molecule has 2 N–H and O–H groups in total. The van der Waals surface area contributed by atoms with Crippen molar-refractivity contribution in [2.75, 3.05) is 0 Å². The fourth-order valence-electron chi connectivity index (χ4n) is 2.41. The van der Waals surface area contributed by atoms with Gasteiger partial charge in [-0.15, -0.1) is 0 Å². The van der Waals surface area contributed by atoms with Crippen LogP contribution in [0.25, 0.3) is 0 Å². The van der Waals surface area contributed by atoms with Gasteiger partial charge in [0, 0.05) is 4.47 Å². The zero-order chi connectivity index (χ0) is 11.8. The van der Waals surface area contributed by atoms with Gasteiger partial charge in [-0.25, -0.2) is 0 Å². The second kappa shape index (κ2) is 4.30. The van der Waals surface area contributed by atoms with Crippen LogP contribution in [0.5, 0.6) is 0 Å². The molecule has 1 aromatic carbocycles. The second-order valence-electron chi connectivity index (χ2n) is 4.70. The van der Waals surface area contributed by atoms with E-state index in [9.17, 15) is 4.79 Å². The molecule has 0 radical (unpaired) electrons. The summed E-state index contributed by atoms with van der Waals surface area (Å²) in [7, 11) is 0. The highest BCUT2D eigenvalue weighted by Crippen LogP contribution is 2.40. The van der Waals surface area contributed by atoms with Crippen molar-refractivity contribution in [2.45, 2.75) is 37.6 Å². The zero-order valence-electron chi connectivity index (χ0n) is 9.37. The fourth-order valence-corrected chi connectivity index (χ4v) is 2.68. The van der Waals surface area contributed by atoms with Gasteiger partial charge in [-0.1, -0.05) is 28.1 Å². The molecule has 2 nitrogen and oxygen atoms in total. The normalized spacial score (nSPS) is 29.3. The SMILES string of the molecule is CC(=O)[C@]1(N)CC[C@H](c2ccc(Br)cc2)C1. The molecule has 0 aliphatic heterocycles. The number of carbonyl (C=O) groups is 1. The lowest BCUT2D eigenvalue weighted by atomic mass is 9.90.